The van der Waals surface area contributed by atoms with Crippen LogP contribution in [0.3, 0.4) is 0 Å². The molecule has 1 aliphatic heterocycles. The monoisotopic (exact) mass is 250 g/mol. The molecule has 1 aliphatic rings. The van der Waals surface area contributed by atoms with Crippen molar-refractivity contribution in [3.63, 3.8) is 0 Å². The van der Waals surface area contributed by atoms with Crippen molar-refractivity contribution in [1.82, 2.24) is 4.90 Å². The van der Waals surface area contributed by atoms with Gasteiger partial charge in [-0.25, -0.2) is 4.79 Å². The number of carbonyl (C=O) groups excluding carboxylic acids is 1. The molecule has 1 saturated heterocycles. The van der Waals surface area contributed by atoms with E-state index in [1.54, 1.807) is 4.90 Å². The van der Waals surface area contributed by atoms with Crippen LogP contribution in [-0.4, -0.2) is 48.4 Å². The Labute approximate surface area is 106 Å². The number of aliphatic hydroxyl groups excluding tert-OH is 1. The smallest absolute Gasteiger partial charge is 0.322 e. The lowest BCUT2D eigenvalue weighted by molar-refractivity contribution is -0.0388. The molecule has 0 spiro atoms. The molecule has 1 unspecified atom stereocenters. The number of amides is 2. The minimum absolute atomic E-state index is 0.0613. The first-order chi connectivity index (χ1) is 8.69. The normalized spacial score (nSPS) is 19.7. The highest BCUT2D eigenvalue weighted by Crippen LogP contribution is 2.12. The molecule has 2 rings (SSSR count). The van der Waals surface area contributed by atoms with E-state index in [1.807, 2.05) is 31.2 Å². The number of morpholine rings is 1. The highest BCUT2D eigenvalue weighted by Gasteiger charge is 2.23. The molecule has 5 heteroatoms. The number of anilines is 1. The second kappa shape index (κ2) is 5.84. The van der Waals surface area contributed by atoms with Crippen molar-refractivity contribution < 1.29 is 14.6 Å². The van der Waals surface area contributed by atoms with Crippen LogP contribution >= 0.6 is 0 Å². The van der Waals surface area contributed by atoms with Gasteiger partial charge < -0.3 is 20.1 Å². The summed E-state index contributed by atoms with van der Waals surface area (Å²) in [6.45, 7) is 3.36. The van der Waals surface area contributed by atoms with Crippen molar-refractivity contribution in [2.24, 2.45) is 0 Å². The lowest BCUT2D eigenvalue weighted by atomic mass is 10.2. The Bertz CT molecular complexity index is 422. The molecule has 1 atom stereocenters. The Morgan fingerprint density at radius 2 is 2.44 bits per heavy atom. The van der Waals surface area contributed by atoms with Gasteiger partial charge in [0, 0.05) is 12.2 Å². The zero-order valence-electron chi connectivity index (χ0n) is 10.4. The van der Waals surface area contributed by atoms with Gasteiger partial charge in [-0.15, -0.1) is 0 Å². The molecule has 0 aliphatic carbocycles. The molecule has 1 aromatic carbocycles. The van der Waals surface area contributed by atoms with Gasteiger partial charge in [-0.05, 0) is 24.6 Å². The number of rotatable bonds is 2. The number of nitrogens with zero attached hydrogens (tertiary/aromatic N) is 1. The standard InChI is InChI=1S/C13H18N2O3/c1-10-3-2-4-11(7-10)14-13(17)15-5-6-18-12(8-15)9-16/h2-4,7,12,16H,5-6,8-9H2,1H3,(H,14,17). The molecule has 0 aromatic heterocycles. The largest absolute Gasteiger partial charge is 0.394 e. The van der Waals surface area contributed by atoms with Gasteiger partial charge >= 0.3 is 6.03 Å². The summed E-state index contributed by atoms with van der Waals surface area (Å²) >= 11 is 0. The van der Waals surface area contributed by atoms with Crippen LogP contribution in [0, 0.1) is 6.92 Å². The van der Waals surface area contributed by atoms with Gasteiger partial charge in [0.15, 0.2) is 0 Å². The topological polar surface area (TPSA) is 61.8 Å². The van der Waals surface area contributed by atoms with Crippen LogP contribution in [0.15, 0.2) is 24.3 Å². The molecule has 1 aromatic rings. The van der Waals surface area contributed by atoms with Crippen LogP contribution in [0.1, 0.15) is 5.56 Å². The van der Waals surface area contributed by atoms with Crippen molar-refractivity contribution in [3.05, 3.63) is 29.8 Å². The number of aliphatic hydroxyl groups is 1. The molecular weight excluding hydrogens is 232 g/mol. The van der Waals surface area contributed by atoms with E-state index in [2.05, 4.69) is 5.32 Å². The van der Waals surface area contributed by atoms with Gasteiger partial charge in [0.05, 0.1) is 25.9 Å². The maximum Gasteiger partial charge on any atom is 0.322 e. The summed E-state index contributed by atoms with van der Waals surface area (Å²) in [5, 5.41) is 11.9. The van der Waals surface area contributed by atoms with Crippen LogP contribution in [0.5, 0.6) is 0 Å². The molecule has 0 bridgehead atoms. The minimum atomic E-state index is -0.276. The van der Waals surface area contributed by atoms with Gasteiger partial charge in [0.25, 0.3) is 0 Å². The Morgan fingerprint density at radius 3 is 3.17 bits per heavy atom. The van der Waals surface area contributed by atoms with Gasteiger partial charge in [0.1, 0.15) is 0 Å². The summed E-state index contributed by atoms with van der Waals surface area (Å²) in [4.78, 5) is 13.7. The van der Waals surface area contributed by atoms with Gasteiger partial charge in [-0.3, -0.25) is 0 Å². The van der Waals surface area contributed by atoms with Crippen LogP contribution in [0.4, 0.5) is 10.5 Å². The molecule has 0 saturated carbocycles. The minimum Gasteiger partial charge on any atom is -0.394 e. The fourth-order valence-corrected chi connectivity index (χ4v) is 1.94. The number of urea groups is 1. The van der Waals surface area contributed by atoms with E-state index in [0.29, 0.717) is 19.7 Å². The van der Waals surface area contributed by atoms with Gasteiger partial charge in [-0.2, -0.15) is 0 Å². The third-order valence-electron chi connectivity index (χ3n) is 2.90. The second-order valence-corrected chi connectivity index (χ2v) is 4.42. The molecular formula is C13H18N2O3. The Morgan fingerprint density at radius 1 is 1.61 bits per heavy atom. The number of carbonyl (C=O) groups is 1. The highest BCUT2D eigenvalue weighted by molar-refractivity contribution is 5.89. The summed E-state index contributed by atoms with van der Waals surface area (Å²) in [5.41, 5.74) is 1.88. The lowest BCUT2D eigenvalue weighted by Gasteiger charge is -2.32. The molecule has 2 amide bonds. The zero-order chi connectivity index (χ0) is 13.0. The Hall–Kier alpha value is -1.59. The number of hydrogen-bond acceptors (Lipinski definition) is 3. The number of ether oxygens (including phenoxy) is 1. The molecule has 98 valence electrons. The van der Waals surface area contributed by atoms with Crippen LogP contribution in [-0.2, 0) is 4.74 Å². The van der Waals surface area contributed by atoms with Gasteiger partial charge in [0.2, 0.25) is 0 Å². The summed E-state index contributed by atoms with van der Waals surface area (Å²) in [6.07, 6.45) is -0.276. The first-order valence-electron chi connectivity index (χ1n) is 6.04. The van der Waals surface area contributed by atoms with E-state index in [1.165, 1.54) is 0 Å². The Balaban J connectivity index is 1.95. The van der Waals surface area contributed by atoms with Crippen molar-refractivity contribution in [3.8, 4) is 0 Å². The summed E-state index contributed by atoms with van der Waals surface area (Å²) in [6, 6.07) is 7.51. The van der Waals surface area contributed by atoms with E-state index in [9.17, 15) is 4.79 Å². The highest BCUT2D eigenvalue weighted by atomic mass is 16.5. The average molecular weight is 250 g/mol. The quantitative estimate of drug-likeness (QED) is 0.829. The fraction of sp³-hybridized carbons (Fsp3) is 0.462. The van der Waals surface area contributed by atoms with Crippen LogP contribution in [0.2, 0.25) is 0 Å². The lowest BCUT2D eigenvalue weighted by Crippen LogP contribution is -2.48. The van der Waals surface area contributed by atoms with Crippen molar-refractivity contribution in [1.29, 1.82) is 0 Å². The zero-order valence-corrected chi connectivity index (χ0v) is 10.4. The first-order valence-corrected chi connectivity index (χ1v) is 6.04. The number of benzene rings is 1. The first kappa shape index (κ1) is 12.9. The maximum atomic E-state index is 12.0. The van der Waals surface area contributed by atoms with E-state index in [-0.39, 0.29) is 18.7 Å². The Kier molecular flexibility index (Phi) is 4.17. The maximum absolute atomic E-state index is 12.0. The van der Waals surface area contributed by atoms with Crippen LogP contribution < -0.4 is 5.32 Å². The number of nitrogens with one attached hydrogen (secondary N) is 1. The van der Waals surface area contributed by atoms with Gasteiger partial charge in [-0.1, -0.05) is 12.1 Å². The van der Waals surface area contributed by atoms with Crippen LogP contribution in [0.25, 0.3) is 0 Å². The summed E-state index contributed by atoms with van der Waals surface area (Å²) in [7, 11) is 0. The fourth-order valence-electron chi connectivity index (χ4n) is 1.94. The number of hydrogen-bond donors (Lipinski definition) is 2. The molecule has 5 nitrogen and oxygen atoms in total. The molecule has 0 radical (unpaired) electrons. The predicted octanol–water partition coefficient (Wildman–Crippen LogP) is 1.22. The van der Waals surface area contributed by atoms with E-state index >= 15 is 0 Å². The van der Waals surface area contributed by atoms with Crippen molar-refractivity contribution in [2.45, 2.75) is 13.0 Å². The second-order valence-electron chi connectivity index (χ2n) is 4.42. The SMILES string of the molecule is Cc1cccc(NC(=O)N2CCOC(CO)C2)c1. The molecule has 1 fully saturated rings. The van der Waals surface area contributed by atoms with Crippen molar-refractivity contribution >= 4 is 11.7 Å². The predicted molar refractivity (Wildman–Crippen MR) is 68.6 cm³/mol. The van der Waals surface area contributed by atoms with E-state index in [0.717, 1.165) is 11.3 Å². The summed E-state index contributed by atoms with van der Waals surface area (Å²) < 4.78 is 5.31. The van der Waals surface area contributed by atoms with E-state index in [4.69, 9.17) is 9.84 Å². The molecule has 1 heterocycles. The average Bonchev–Trinajstić information content (AvgIpc) is 2.39. The molecule has 18 heavy (non-hydrogen) atoms. The van der Waals surface area contributed by atoms with E-state index < -0.39 is 0 Å². The third-order valence-corrected chi connectivity index (χ3v) is 2.90. The van der Waals surface area contributed by atoms with Crippen molar-refractivity contribution in [2.75, 3.05) is 31.6 Å². The third kappa shape index (κ3) is 3.21. The molecule has 2 N–H and O–H groups in total. The summed E-state index contributed by atoms with van der Waals surface area (Å²) in [5.74, 6) is 0. The number of aryl methyl sites for hydroxylation is 1.